The molecule has 0 amide bonds. The molecule has 0 fully saturated rings. The first-order valence-electron chi connectivity index (χ1n) is 6.42. The number of hydrogen-bond acceptors (Lipinski definition) is 3. The van der Waals surface area contributed by atoms with Gasteiger partial charge in [-0.1, -0.05) is 47.7 Å². The molecule has 0 aliphatic carbocycles. The Kier molecular flexibility index (Phi) is 5.13. The molecule has 0 N–H and O–H groups in total. The molecule has 0 aromatic heterocycles. The lowest BCUT2D eigenvalue weighted by atomic mass is 10.2. The summed E-state index contributed by atoms with van der Waals surface area (Å²) in [7, 11) is 0. The molecule has 0 aliphatic rings. The lowest BCUT2D eigenvalue weighted by Gasteiger charge is -2.11. The van der Waals surface area contributed by atoms with Crippen molar-refractivity contribution in [2.45, 2.75) is 29.5 Å². The highest BCUT2D eigenvalue weighted by Gasteiger charge is 2.40. The molecule has 116 valence electrons. The van der Waals surface area contributed by atoms with Crippen LogP contribution in [0.2, 0.25) is 0 Å². The van der Waals surface area contributed by atoms with Crippen molar-refractivity contribution in [1.29, 1.82) is 0 Å². The molecule has 0 radical (unpaired) electrons. The Bertz CT molecular complexity index is 651. The number of aryl methyl sites for hydroxylation is 1. The molecule has 0 saturated carbocycles. The van der Waals surface area contributed by atoms with E-state index < -0.39 is 18.8 Å². The Labute approximate surface area is 130 Å². The number of hydrogen-bond donors (Lipinski definition) is 0. The zero-order chi connectivity index (χ0) is 16.2. The van der Waals surface area contributed by atoms with Crippen LogP contribution in [-0.2, 0) is 16.1 Å². The van der Waals surface area contributed by atoms with Gasteiger partial charge < -0.3 is 4.74 Å². The molecule has 2 nitrogen and oxygen atoms in total. The highest BCUT2D eigenvalue weighted by Crippen LogP contribution is 2.31. The Morgan fingerprint density at radius 2 is 1.73 bits per heavy atom. The SMILES string of the molecule is Cc1ccc(Sc2ccccc2COC(=O)C(F)(F)F)cc1. The van der Waals surface area contributed by atoms with Crippen molar-refractivity contribution in [3.63, 3.8) is 0 Å². The molecule has 0 atom stereocenters. The van der Waals surface area contributed by atoms with E-state index in [1.165, 1.54) is 11.8 Å². The van der Waals surface area contributed by atoms with E-state index >= 15 is 0 Å². The highest BCUT2D eigenvalue weighted by atomic mass is 32.2. The number of benzene rings is 2. The second kappa shape index (κ2) is 6.87. The van der Waals surface area contributed by atoms with Crippen LogP contribution in [0.1, 0.15) is 11.1 Å². The maximum Gasteiger partial charge on any atom is 0.490 e. The Morgan fingerprint density at radius 3 is 2.36 bits per heavy atom. The van der Waals surface area contributed by atoms with E-state index in [1.54, 1.807) is 24.3 Å². The van der Waals surface area contributed by atoms with Crippen molar-refractivity contribution in [2.75, 3.05) is 0 Å². The van der Waals surface area contributed by atoms with Crippen LogP contribution < -0.4 is 0 Å². The lowest BCUT2D eigenvalue weighted by molar-refractivity contribution is -0.201. The van der Waals surface area contributed by atoms with Crippen LogP contribution in [0.4, 0.5) is 13.2 Å². The maximum absolute atomic E-state index is 12.2. The average molecular weight is 326 g/mol. The van der Waals surface area contributed by atoms with Gasteiger partial charge in [-0.3, -0.25) is 0 Å². The summed E-state index contributed by atoms with van der Waals surface area (Å²) in [5.41, 5.74) is 1.66. The van der Waals surface area contributed by atoms with Crippen LogP contribution in [0.15, 0.2) is 58.3 Å². The van der Waals surface area contributed by atoms with Crippen molar-refractivity contribution in [2.24, 2.45) is 0 Å². The predicted octanol–water partition coefficient (Wildman–Crippen LogP) is 4.75. The Hall–Kier alpha value is -1.95. The molecule has 2 aromatic carbocycles. The van der Waals surface area contributed by atoms with Gasteiger partial charge in [0.15, 0.2) is 0 Å². The lowest BCUT2D eigenvalue weighted by Crippen LogP contribution is -2.25. The summed E-state index contributed by atoms with van der Waals surface area (Å²) in [5, 5.41) is 0. The highest BCUT2D eigenvalue weighted by molar-refractivity contribution is 7.99. The van der Waals surface area contributed by atoms with Gasteiger partial charge in [0.05, 0.1) is 0 Å². The third-order valence-corrected chi connectivity index (χ3v) is 3.94. The van der Waals surface area contributed by atoms with E-state index in [-0.39, 0.29) is 0 Å². The van der Waals surface area contributed by atoms with Crippen LogP contribution >= 0.6 is 11.8 Å². The standard InChI is InChI=1S/C16H13F3O2S/c1-11-6-8-13(9-7-11)22-14-5-3-2-4-12(14)10-21-15(20)16(17,18)19/h2-9H,10H2,1H3. The fraction of sp³-hybridized carbons (Fsp3) is 0.188. The second-order valence-corrected chi connectivity index (χ2v) is 5.71. The molecule has 22 heavy (non-hydrogen) atoms. The number of rotatable bonds is 4. The zero-order valence-corrected chi connectivity index (χ0v) is 12.5. The summed E-state index contributed by atoms with van der Waals surface area (Å²) >= 11 is 1.41. The van der Waals surface area contributed by atoms with Crippen LogP contribution in [0, 0.1) is 6.92 Å². The summed E-state index contributed by atoms with van der Waals surface area (Å²) in [5.74, 6) is -2.18. The molecule has 0 heterocycles. The van der Waals surface area contributed by atoms with E-state index in [1.807, 2.05) is 31.2 Å². The number of carbonyl (C=O) groups is 1. The molecule has 0 aliphatic heterocycles. The Balaban J connectivity index is 2.10. The number of carbonyl (C=O) groups excluding carboxylic acids is 1. The van der Waals surface area contributed by atoms with Gasteiger partial charge in [0, 0.05) is 15.4 Å². The van der Waals surface area contributed by atoms with E-state index in [2.05, 4.69) is 4.74 Å². The smallest absolute Gasteiger partial charge is 0.454 e. The van der Waals surface area contributed by atoms with Gasteiger partial charge >= 0.3 is 12.1 Å². The zero-order valence-electron chi connectivity index (χ0n) is 11.7. The topological polar surface area (TPSA) is 26.3 Å². The molecular weight excluding hydrogens is 313 g/mol. The molecule has 6 heteroatoms. The third kappa shape index (κ3) is 4.53. The molecular formula is C16H13F3O2S. The largest absolute Gasteiger partial charge is 0.490 e. The van der Waals surface area contributed by atoms with Crippen molar-refractivity contribution in [3.8, 4) is 0 Å². The summed E-state index contributed by atoms with van der Waals surface area (Å²) in [6.07, 6.45) is -4.97. The molecule has 0 saturated heterocycles. The van der Waals surface area contributed by atoms with Crippen molar-refractivity contribution < 1.29 is 22.7 Å². The van der Waals surface area contributed by atoms with Gasteiger partial charge in [-0.2, -0.15) is 13.2 Å². The summed E-state index contributed by atoms with van der Waals surface area (Å²) < 4.78 is 40.8. The molecule has 2 rings (SSSR count). The molecule has 0 unspecified atom stereocenters. The van der Waals surface area contributed by atoms with Gasteiger partial charge in [-0.05, 0) is 25.1 Å². The van der Waals surface area contributed by atoms with Crippen LogP contribution in [0.3, 0.4) is 0 Å². The van der Waals surface area contributed by atoms with Crippen LogP contribution in [0.5, 0.6) is 0 Å². The monoisotopic (exact) mass is 326 g/mol. The number of alkyl halides is 3. The summed E-state index contributed by atoms with van der Waals surface area (Å²) in [4.78, 5) is 12.5. The molecule has 2 aromatic rings. The van der Waals surface area contributed by atoms with E-state index in [0.717, 1.165) is 15.4 Å². The number of esters is 1. The predicted molar refractivity (Wildman–Crippen MR) is 77.6 cm³/mol. The first-order valence-corrected chi connectivity index (χ1v) is 7.24. The minimum atomic E-state index is -4.97. The third-order valence-electron chi connectivity index (χ3n) is 2.81. The van der Waals surface area contributed by atoms with Gasteiger partial charge in [0.1, 0.15) is 6.61 Å². The van der Waals surface area contributed by atoms with E-state index in [9.17, 15) is 18.0 Å². The van der Waals surface area contributed by atoms with E-state index in [0.29, 0.717) is 5.56 Å². The molecule has 0 spiro atoms. The quantitative estimate of drug-likeness (QED) is 0.758. The first kappa shape index (κ1) is 16.4. The van der Waals surface area contributed by atoms with Crippen LogP contribution in [0.25, 0.3) is 0 Å². The Morgan fingerprint density at radius 1 is 1.09 bits per heavy atom. The number of halogens is 3. The fourth-order valence-corrected chi connectivity index (χ4v) is 2.61. The van der Waals surface area contributed by atoms with Gasteiger partial charge in [-0.25, -0.2) is 4.79 Å². The maximum atomic E-state index is 12.2. The fourth-order valence-electron chi connectivity index (χ4n) is 1.68. The molecule has 0 bridgehead atoms. The van der Waals surface area contributed by atoms with Crippen molar-refractivity contribution in [3.05, 3.63) is 59.7 Å². The van der Waals surface area contributed by atoms with Gasteiger partial charge in [0.25, 0.3) is 0 Å². The first-order chi connectivity index (χ1) is 10.4. The van der Waals surface area contributed by atoms with Crippen molar-refractivity contribution >= 4 is 17.7 Å². The van der Waals surface area contributed by atoms with Gasteiger partial charge in [-0.15, -0.1) is 0 Å². The number of ether oxygens (including phenoxy) is 1. The van der Waals surface area contributed by atoms with Crippen LogP contribution in [-0.4, -0.2) is 12.1 Å². The normalized spacial score (nSPS) is 11.3. The van der Waals surface area contributed by atoms with Gasteiger partial charge in [0.2, 0.25) is 0 Å². The van der Waals surface area contributed by atoms with Crippen molar-refractivity contribution in [1.82, 2.24) is 0 Å². The second-order valence-electron chi connectivity index (χ2n) is 4.60. The summed E-state index contributed by atoms with van der Waals surface area (Å²) in [6, 6.07) is 14.7. The summed E-state index contributed by atoms with van der Waals surface area (Å²) in [6.45, 7) is 1.56. The minimum Gasteiger partial charge on any atom is -0.454 e. The van der Waals surface area contributed by atoms with E-state index in [4.69, 9.17) is 0 Å². The average Bonchev–Trinajstić information content (AvgIpc) is 2.47. The minimum absolute atomic E-state index is 0.409.